The van der Waals surface area contributed by atoms with Gasteiger partial charge in [-0.2, -0.15) is 0 Å². The number of aliphatic imine (C=N–C) groups is 1. The van der Waals surface area contributed by atoms with Crippen molar-refractivity contribution in [2.45, 2.75) is 24.8 Å². The van der Waals surface area contributed by atoms with Crippen molar-refractivity contribution in [1.82, 2.24) is 14.5 Å². The number of pyridine rings is 1. The van der Waals surface area contributed by atoms with Gasteiger partial charge in [0.15, 0.2) is 0 Å². The Bertz CT molecular complexity index is 1900. The number of hydrogen-bond acceptors (Lipinski definition) is 3. The number of nitrogens with zero attached hydrogens (tertiary/aromatic N) is 4. The van der Waals surface area contributed by atoms with Crippen molar-refractivity contribution < 1.29 is 0 Å². The SMILES string of the molecule is C=C(/C=C\C(=C)N1C2=C(CC=CN=C2)C23C=CC=CC12C3)c1ccc(-n2c3c(c4ccncc42)C=CCC=C3)cc1. The van der Waals surface area contributed by atoms with E-state index in [2.05, 4.69) is 130 Å². The molecule has 4 nitrogen and oxygen atoms in total. The molecule has 4 heteroatoms. The molecule has 198 valence electrons. The van der Waals surface area contributed by atoms with Crippen molar-refractivity contribution in [3.63, 3.8) is 0 Å². The molecule has 2 aromatic heterocycles. The highest BCUT2D eigenvalue weighted by atomic mass is 15.3. The molecule has 3 aromatic rings. The number of rotatable bonds is 5. The van der Waals surface area contributed by atoms with Crippen molar-refractivity contribution in [3.05, 3.63) is 151 Å². The van der Waals surface area contributed by atoms with E-state index in [0.717, 1.165) is 47.3 Å². The van der Waals surface area contributed by atoms with Crippen molar-refractivity contribution in [3.8, 4) is 5.69 Å². The highest BCUT2D eigenvalue weighted by molar-refractivity contribution is 5.95. The lowest BCUT2D eigenvalue weighted by Crippen LogP contribution is -2.34. The van der Waals surface area contributed by atoms with Gasteiger partial charge in [-0.05, 0) is 66.3 Å². The molecule has 0 spiro atoms. The highest BCUT2D eigenvalue weighted by Gasteiger charge is 2.74. The first-order valence-corrected chi connectivity index (χ1v) is 14.2. The summed E-state index contributed by atoms with van der Waals surface area (Å²) in [6, 6.07) is 10.7. The van der Waals surface area contributed by atoms with Crippen LogP contribution in [0.15, 0.2) is 139 Å². The maximum absolute atomic E-state index is 4.53. The highest BCUT2D eigenvalue weighted by Crippen LogP contribution is 2.74. The first-order valence-electron chi connectivity index (χ1n) is 14.2. The summed E-state index contributed by atoms with van der Waals surface area (Å²) in [5.41, 5.74) is 10.2. The summed E-state index contributed by atoms with van der Waals surface area (Å²) in [5.74, 6) is 0. The molecule has 0 amide bonds. The molecular weight excluding hydrogens is 500 g/mol. The van der Waals surface area contributed by atoms with Crippen LogP contribution in [0.25, 0.3) is 34.3 Å². The number of aromatic nitrogens is 2. The van der Waals surface area contributed by atoms with Crippen LogP contribution in [0.2, 0.25) is 0 Å². The average molecular weight is 531 g/mol. The molecule has 1 saturated carbocycles. The second kappa shape index (κ2) is 8.77. The Morgan fingerprint density at radius 1 is 0.951 bits per heavy atom. The third-order valence-corrected chi connectivity index (χ3v) is 9.20. The molecule has 2 atom stereocenters. The molecule has 0 saturated heterocycles. The first kappa shape index (κ1) is 23.9. The Labute approximate surface area is 240 Å². The van der Waals surface area contributed by atoms with Crippen molar-refractivity contribution >= 4 is 34.8 Å². The minimum absolute atomic E-state index is 0.0583. The van der Waals surface area contributed by atoms with Crippen molar-refractivity contribution in [2.24, 2.45) is 10.4 Å². The van der Waals surface area contributed by atoms with Gasteiger partial charge in [0.05, 0.1) is 34.9 Å². The maximum atomic E-state index is 4.53. The summed E-state index contributed by atoms with van der Waals surface area (Å²) in [6.07, 6.45) is 35.0. The zero-order valence-corrected chi connectivity index (χ0v) is 22.9. The topological polar surface area (TPSA) is 33.4 Å². The third-order valence-electron chi connectivity index (χ3n) is 9.20. The van der Waals surface area contributed by atoms with E-state index in [1.165, 1.54) is 27.9 Å². The molecule has 5 aliphatic rings. The van der Waals surface area contributed by atoms with Crippen molar-refractivity contribution in [2.75, 3.05) is 0 Å². The summed E-state index contributed by atoms with van der Waals surface area (Å²) in [7, 11) is 0. The van der Waals surface area contributed by atoms with E-state index >= 15 is 0 Å². The van der Waals surface area contributed by atoms with E-state index in [1.54, 1.807) is 0 Å². The Balaban J connectivity index is 1.08. The zero-order chi connectivity index (χ0) is 27.6. The average Bonchev–Trinajstić information content (AvgIpc) is 3.67. The molecule has 1 aromatic carbocycles. The van der Waals surface area contributed by atoms with Crippen LogP contribution in [-0.2, 0) is 0 Å². The fourth-order valence-electron chi connectivity index (χ4n) is 7.24. The zero-order valence-electron chi connectivity index (χ0n) is 22.9. The summed E-state index contributed by atoms with van der Waals surface area (Å²) >= 11 is 0. The molecule has 8 rings (SSSR count). The van der Waals surface area contributed by atoms with E-state index in [-0.39, 0.29) is 11.0 Å². The van der Waals surface area contributed by atoms with E-state index in [9.17, 15) is 0 Å². The summed E-state index contributed by atoms with van der Waals surface area (Å²) in [4.78, 5) is 11.3. The lowest BCUT2D eigenvalue weighted by Gasteiger charge is -2.31. The van der Waals surface area contributed by atoms with Crippen LogP contribution in [-0.4, -0.2) is 26.2 Å². The second-order valence-corrected chi connectivity index (χ2v) is 11.3. The standard InChI is InChI=1S/C37H30N4/c1-26(12-13-27(2)41-35-24-38-21-8-10-32(35)36-19-6-7-20-37(36,41)25-36)28-14-16-29(17-15-28)40-33-11-5-3-4-9-30(33)31-18-22-39-23-34(31)40/h4-9,11-24H,1-3,10,25H2/b13-12-. The minimum Gasteiger partial charge on any atom is -0.330 e. The second-order valence-electron chi connectivity index (χ2n) is 11.3. The van der Waals surface area contributed by atoms with Gasteiger partial charge in [0.25, 0.3) is 0 Å². The van der Waals surface area contributed by atoms with Gasteiger partial charge in [0.2, 0.25) is 0 Å². The Morgan fingerprint density at radius 3 is 2.71 bits per heavy atom. The molecular formula is C37H30N4. The van der Waals surface area contributed by atoms with Gasteiger partial charge < -0.3 is 9.47 Å². The molecule has 2 unspecified atom stereocenters. The van der Waals surface area contributed by atoms with Gasteiger partial charge >= 0.3 is 0 Å². The molecule has 0 N–H and O–H groups in total. The van der Waals surface area contributed by atoms with Crippen LogP contribution < -0.4 is 0 Å². The van der Waals surface area contributed by atoms with Gasteiger partial charge in [0, 0.05) is 40.1 Å². The van der Waals surface area contributed by atoms with E-state index in [1.807, 2.05) is 24.8 Å². The Hall–Kier alpha value is -4.96. The molecule has 2 aliphatic heterocycles. The lowest BCUT2D eigenvalue weighted by molar-refractivity contribution is 0.366. The van der Waals surface area contributed by atoms with Gasteiger partial charge in [-0.1, -0.05) is 80.0 Å². The molecule has 0 bridgehead atoms. The van der Waals surface area contributed by atoms with Gasteiger partial charge in [-0.25, -0.2) is 0 Å². The number of hydrogen-bond donors (Lipinski definition) is 0. The molecule has 1 fully saturated rings. The quantitative estimate of drug-likeness (QED) is 0.311. The minimum atomic E-state index is -0.0654. The number of benzene rings is 1. The van der Waals surface area contributed by atoms with Crippen LogP contribution in [0.1, 0.15) is 36.1 Å². The van der Waals surface area contributed by atoms with E-state index < -0.39 is 0 Å². The Kier molecular flexibility index (Phi) is 5.11. The summed E-state index contributed by atoms with van der Waals surface area (Å²) in [6.45, 7) is 8.91. The fourth-order valence-corrected chi connectivity index (χ4v) is 7.24. The summed E-state index contributed by atoms with van der Waals surface area (Å²) in [5, 5.41) is 1.21. The van der Waals surface area contributed by atoms with Gasteiger partial charge in [0.1, 0.15) is 0 Å². The van der Waals surface area contributed by atoms with E-state index in [4.69, 9.17) is 0 Å². The third kappa shape index (κ3) is 3.34. The van der Waals surface area contributed by atoms with Crippen LogP contribution in [0.5, 0.6) is 0 Å². The number of allylic oxidation sites excluding steroid dienone is 9. The van der Waals surface area contributed by atoms with Gasteiger partial charge in [-0.15, -0.1) is 0 Å². The maximum Gasteiger partial charge on any atom is 0.0779 e. The molecule has 3 aliphatic carbocycles. The van der Waals surface area contributed by atoms with Crippen LogP contribution in [0.3, 0.4) is 0 Å². The predicted molar refractivity (Wildman–Crippen MR) is 170 cm³/mol. The van der Waals surface area contributed by atoms with E-state index in [0.29, 0.717) is 0 Å². The van der Waals surface area contributed by atoms with Gasteiger partial charge in [-0.3, -0.25) is 9.98 Å². The summed E-state index contributed by atoms with van der Waals surface area (Å²) < 4.78 is 2.29. The number of fused-ring (bicyclic) bond motifs is 3. The van der Waals surface area contributed by atoms with Crippen LogP contribution in [0, 0.1) is 5.41 Å². The van der Waals surface area contributed by atoms with Crippen LogP contribution >= 0.6 is 0 Å². The first-order chi connectivity index (χ1) is 20.1. The molecule has 4 heterocycles. The molecule has 0 radical (unpaired) electrons. The largest absolute Gasteiger partial charge is 0.330 e. The van der Waals surface area contributed by atoms with Crippen LogP contribution in [0.4, 0.5) is 0 Å². The Morgan fingerprint density at radius 2 is 1.80 bits per heavy atom. The monoisotopic (exact) mass is 530 g/mol. The lowest BCUT2D eigenvalue weighted by atomic mass is 9.87. The molecule has 41 heavy (non-hydrogen) atoms. The smallest absolute Gasteiger partial charge is 0.0779 e. The normalized spacial score (nSPS) is 24.8. The van der Waals surface area contributed by atoms with Crippen molar-refractivity contribution in [1.29, 1.82) is 0 Å². The fraction of sp³-hybridized carbons (Fsp3) is 0.135. The predicted octanol–water partition coefficient (Wildman–Crippen LogP) is 8.35.